The molecule has 1 aromatic carbocycles. The third-order valence-electron chi connectivity index (χ3n) is 4.28. The number of aryl methyl sites for hydroxylation is 1. The van der Waals surface area contributed by atoms with Crippen molar-refractivity contribution in [1.82, 2.24) is 5.32 Å². The fourth-order valence-electron chi connectivity index (χ4n) is 2.97. The maximum absolute atomic E-state index is 9.74. The zero-order chi connectivity index (χ0) is 13.3. The Morgan fingerprint density at radius 2 is 2.00 bits per heavy atom. The monoisotopic (exact) mass is 277 g/mol. The fourth-order valence-corrected chi connectivity index (χ4v) is 4.28. The van der Waals surface area contributed by atoms with Crippen LogP contribution in [0.4, 0.5) is 0 Å². The summed E-state index contributed by atoms with van der Waals surface area (Å²) in [6.45, 7) is 2.41. The first-order chi connectivity index (χ1) is 9.19. The molecule has 2 atom stereocenters. The van der Waals surface area contributed by atoms with Crippen molar-refractivity contribution in [2.24, 2.45) is 0 Å². The molecule has 0 bridgehead atoms. The molecule has 19 heavy (non-hydrogen) atoms. The van der Waals surface area contributed by atoms with E-state index in [4.69, 9.17) is 0 Å². The van der Waals surface area contributed by atoms with Crippen molar-refractivity contribution in [2.75, 3.05) is 6.61 Å². The second kappa shape index (κ2) is 5.47. The molecule has 2 aliphatic rings. The summed E-state index contributed by atoms with van der Waals surface area (Å²) in [5, 5.41) is 14.1. The number of thioether (sulfide) groups is 1. The van der Waals surface area contributed by atoms with Crippen LogP contribution in [0.3, 0.4) is 0 Å². The van der Waals surface area contributed by atoms with Crippen molar-refractivity contribution in [3.05, 3.63) is 29.8 Å². The van der Waals surface area contributed by atoms with E-state index >= 15 is 0 Å². The minimum Gasteiger partial charge on any atom is -0.394 e. The molecule has 0 amide bonds. The van der Waals surface area contributed by atoms with Gasteiger partial charge in [0, 0.05) is 21.7 Å². The molecule has 3 rings (SSSR count). The average Bonchev–Trinajstić information content (AvgIpc) is 3.13. The van der Waals surface area contributed by atoms with E-state index in [1.54, 1.807) is 0 Å². The number of hydrogen-bond acceptors (Lipinski definition) is 3. The Morgan fingerprint density at radius 1 is 1.26 bits per heavy atom. The summed E-state index contributed by atoms with van der Waals surface area (Å²) in [4.78, 5) is 1.36. The number of nitrogens with one attached hydrogen (secondary N) is 1. The predicted octanol–water partition coefficient (Wildman–Crippen LogP) is 3.12. The standard InChI is InChI=1S/C16H23NOS/c1-12-2-6-14(7-3-12)19-15-8-9-16(10-15,11-18)17-13-4-5-13/h2-3,6-7,13,15,17-18H,4-5,8-11H2,1H3. The third-order valence-corrected chi connectivity index (χ3v) is 5.56. The van der Waals surface area contributed by atoms with Crippen molar-refractivity contribution in [2.45, 2.75) is 60.8 Å². The van der Waals surface area contributed by atoms with Crippen LogP contribution in [-0.4, -0.2) is 28.5 Å². The molecule has 0 saturated heterocycles. The van der Waals surface area contributed by atoms with Gasteiger partial charge in [-0.3, -0.25) is 0 Å². The number of benzene rings is 1. The van der Waals surface area contributed by atoms with E-state index in [-0.39, 0.29) is 12.1 Å². The SMILES string of the molecule is Cc1ccc(SC2CCC(CO)(NC3CC3)C2)cc1. The van der Waals surface area contributed by atoms with Gasteiger partial charge < -0.3 is 10.4 Å². The molecule has 0 spiro atoms. The highest BCUT2D eigenvalue weighted by Crippen LogP contribution is 2.41. The van der Waals surface area contributed by atoms with Gasteiger partial charge in [-0.15, -0.1) is 11.8 Å². The molecule has 1 aromatic rings. The Bertz CT molecular complexity index is 429. The van der Waals surface area contributed by atoms with Crippen molar-refractivity contribution in [3.63, 3.8) is 0 Å². The highest BCUT2D eigenvalue weighted by Gasteiger charge is 2.42. The number of aliphatic hydroxyl groups is 1. The van der Waals surface area contributed by atoms with E-state index in [9.17, 15) is 5.11 Å². The lowest BCUT2D eigenvalue weighted by molar-refractivity contribution is 0.163. The van der Waals surface area contributed by atoms with Gasteiger partial charge in [-0.2, -0.15) is 0 Å². The first-order valence-electron chi connectivity index (χ1n) is 7.31. The van der Waals surface area contributed by atoms with Gasteiger partial charge in [-0.25, -0.2) is 0 Å². The highest BCUT2D eigenvalue weighted by molar-refractivity contribution is 8.00. The van der Waals surface area contributed by atoms with Crippen LogP contribution in [0.2, 0.25) is 0 Å². The summed E-state index contributed by atoms with van der Waals surface area (Å²) in [7, 11) is 0. The molecular formula is C16H23NOS. The van der Waals surface area contributed by atoms with Crippen LogP contribution in [0.5, 0.6) is 0 Å². The number of rotatable bonds is 5. The van der Waals surface area contributed by atoms with E-state index < -0.39 is 0 Å². The van der Waals surface area contributed by atoms with Crippen molar-refractivity contribution in [1.29, 1.82) is 0 Å². The molecule has 0 aliphatic heterocycles. The van der Waals surface area contributed by atoms with E-state index in [1.165, 1.54) is 29.7 Å². The van der Waals surface area contributed by atoms with Crippen LogP contribution in [0.1, 0.15) is 37.7 Å². The average molecular weight is 277 g/mol. The first kappa shape index (κ1) is 13.5. The van der Waals surface area contributed by atoms with Gasteiger partial charge in [-0.05, 0) is 51.2 Å². The summed E-state index contributed by atoms with van der Waals surface area (Å²) >= 11 is 1.97. The molecule has 0 aromatic heterocycles. The molecule has 2 saturated carbocycles. The van der Waals surface area contributed by atoms with Crippen molar-refractivity contribution < 1.29 is 5.11 Å². The largest absolute Gasteiger partial charge is 0.394 e. The first-order valence-corrected chi connectivity index (χ1v) is 8.19. The Hall–Kier alpha value is -0.510. The van der Waals surface area contributed by atoms with Gasteiger partial charge in [0.15, 0.2) is 0 Å². The van der Waals surface area contributed by atoms with E-state index in [0.29, 0.717) is 11.3 Å². The van der Waals surface area contributed by atoms with Crippen LogP contribution in [0.25, 0.3) is 0 Å². The van der Waals surface area contributed by atoms with E-state index in [0.717, 1.165) is 12.8 Å². The second-order valence-corrected chi connectivity index (χ2v) is 7.53. The van der Waals surface area contributed by atoms with Gasteiger partial charge in [-0.1, -0.05) is 17.7 Å². The summed E-state index contributed by atoms with van der Waals surface area (Å²) < 4.78 is 0. The molecular weight excluding hydrogens is 254 g/mol. The van der Waals surface area contributed by atoms with Crippen LogP contribution < -0.4 is 5.32 Å². The van der Waals surface area contributed by atoms with Gasteiger partial charge in [0.05, 0.1) is 6.61 Å². The van der Waals surface area contributed by atoms with Crippen LogP contribution in [-0.2, 0) is 0 Å². The topological polar surface area (TPSA) is 32.3 Å². The summed E-state index contributed by atoms with van der Waals surface area (Å²) in [5.41, 5.74) is 1.32. The maximum Gasteiger partial charge on any atom is 0.0613 e. The Labute approximate surface area is 120 Å². The lowest BCUT2D eigenvalue weighted by Gasteiger charge is -2.28. The molecule has 2 nitrogen and oxygen atoms in total. The third kappa shape index (κ3) is 3.33. The molecule has 0 heterocycles. The fraction of sp³-hybridized carbons (Fsp3) is 0.625. The van der Waals surface area contributed by atoms with Gasteiger partial charge >= 0.3 is 0 Å². The van der Waals surface area contributed by atoms with Crippen LogP contribution in [0, 0.1) is 6.92 Å². The molecule has 2 fully saturated rings. The summed E-state index contributed by atoms with van der Waals surface area (Å²) in [6.07, 6.45) is 6.00. The smallest absolute Gasteiger partial charge is 0.0613 e. The minimum absolute atomic E-state index is 0.00350. The quantitative estimate of drug-likeness (QED) is 0.867. The highest BCUT2D eigenvalue weighted by atomic mass is 32.2. The molecule has 2 unspecified atom stereocenters. The normalized spacial score (nSPS) is 30.7. The van der Waals surface area contributed by atoms with Gasteiger partial charge in [0.1, 0.15) is 0 Å². The Morgan fingerprint density at radius 3 is 2.63 bits per heavy atom. The van der Waals surface area contributed by atoms with Gasteiger partial charge in [0.2, 0.25) is 0 Å². The summed E-state index contributed by atoms with van der Waals surface area (Å²) in [6, 6.07) is 9.47. The van der Waals surface area contributed by atoms with Crippen LogP contribution in [0.15, 0.2) is 29.2 Å². The predicted molar refractivity (Wildman–Crippen MR) is 80.6 cm³/mol. The summed E-state index contributed by atoms with van der Waals surface area (Å²) in [5.74, 6) is 0. The van der Waals surface area contributed by atoms with E-state index in [2.05, 4.69) is 36.5 Å². The minimum atomic E-state index is 0.00350. The maximum atomic E-state index is 9.74. The molecule has 2 N–H and O–H groups in total. The van der Waals surface area contributed by atoms with Crippen molar-refractivity contribution >= 4 is 11.8 Å². The second-order valence-electron chi connectivity index (χ2n) is 6.15. The molecule has 3 heteroatoms. The Kier molecular flexibility index (Phi) is 3.88. The Balaban J connectivity index is 1.59. The van der Waals surface area contributed by atoms with Gasteiger partial charge in [0.25, 0.3) is 0 Å². The number of hydrogen-bond donors (Lipinski definition) is 2. The number of aliphatic hydroxyl groups excluding tert-OH is 1. The van der Waals surface area contributed by atoms with Crippen LogP contribution >= 0.6 is 11.8 Å². The molecule has 0 radical (unpaired) electrons. The zero-order valence-corrected chi connectivity index (χ0v) is 12.4. The van der Waals surface area contributed by atoms with E-state index in [1.807, 2.05) is 11.8 Å². The lowest BCUT2D eigenvalue weighted by Crippen LogP contribution is -2.47. The van der Waals surface area contributed by atoms with Crippen molar-refractivity contribution in [3.8, 4) is 0 Å². The molecule has 2 aliphatic carbocycles. The molecule has 104 valence electrons. The lowest BCUT2D eigenvalue weighted by atomic mass is 9.99. The zero-order valence-electron chi connectivity index (χ0n) is 11.6.